The van der Waals surface area contributed by atoms with E-state index in [0.717, 1.165) is 0 Å². The molecule has 0 saturated carbocycles. The zero-order chi connectivity index (χ0) is 15.3. The lowest BCUT2D eigenvalue weighted by molar-refractivity contribution is -0.122. The number of amides is 1. The molecule has 2 N–H and O–H groups in total. The molecule has 6 heteroatoms. The summed E-state index contributed by atoms with van der Waals surface area (Å²) in [6.07, 6.45) is 0. The Bertz CT molecular complexity index is 499. The zero-order valence-corrected chi connectivity index (χ0v) is 13.0. The van der Waals surface area contributed by atoms with Crippen molar-refractivity contribution in [2.75, 3.05) is 18.9 Å². The second-order valence-corrected chi connectivity index (χ2v) is 5.95. The van der Waals surface area contributed by atoms with Crippen LogP contribution in [0.1, 0.15) is 20.8 Å². The number of anilines is 1. The van der Waals surface area contributed by atoms with E-state index in [4.69, 9.17) is 12.2 Å². The number of nitrogens with one attached hydrogen (secondary N) is 2. The number of carbonyl (C=O) groups excluding carboxylic acids is 1. The van der Waals surface area contributed by atoms with Crippen LogP contribution in [0.2, 0.25) is 0 Å². The first kappa shape index (κ1) is 16.4. The van der Waals surface area contributed by atoms with Gasteiger partial charge in [-0.25, -0.2) is 4.39 Å². The van der Waals surface area contributed by atoms with Gasteiger partial charge in [0.15, 0.2) is 5.11 Å². The molecule has 0 radical (unpaired) electrons. The number of hydrogen-bond donors (Lipinski definition) is 2. The fourth-order valence-corrected chi connectivity index (χ4v) is 1.69. The summed E-state index contributed by atoms with van der Waals surface area (Å²) in [7, 11) is 1.68. The summed E-state index contributed by atoms with van der Waals surface area (Å²) in [5, 5.41) is 5.91. The molecule has 4 nitrogen and oxygen atoms in total. The SMILES string of the molecule is CN(CC(=O)NC(C)(C)C)C(=S)Nc1ccccc1F. The molecule has 0 aliphatic carbocycles. The second kappa shape index (κ2) is 6.65. The van der Waals surface area contributed by atoms with Crippen LogP contribution in [0.25, 0.3) is 0 Å². The van der Waals surface area contributed by atoms with Crippen molar-refractivity contribution in [2.45, 2.75) is 26.3 Å². The average Bonchev–Trinajstić information content (AvgIpc) is 2.29. The molecule has 0 spiro atoms. The lowest BCUT2D eigenvalue weighted by Gasteiger charge is -2.25. The summed E-state index contributed by atoms with van der Waals surface area (Å²) in [5.41, 5.74) is -0.000942. The highest BCUT2D eigenvalue weighted by atomic mass is 32.1. The van der Waals surface area contributed by atoms with Crippen molar-refractivity contribution in [1.29, 1.82) is 0 Å². The van der Waals surface area contributed by atoms with E-state index in [1.807, 2.05) is 20.8 Å². The number of thiocarbonyl (C=S) groups is 1. The quantitative estimate of drug-likeness (QED) is 0.841. The number of halogens is 1. The predicted molar refractivity (Wildman–Crippen MR) is 83.1 cm³/mol. The molecule has 1 rings (SSSR count). The number of hydrogen-bond acceptors (Lipinski definition) is 2. The van der Waals surface area contributed by atoms with E-state index in [0.29, 0.717) is 10.8 Å². The Morgan fingerprint density at radius 2 is 1.95 bits per heavy atom. The van der Waals surface area contributed by atoms with Crippen LogP contribution in [0.15, 0.2) is 24.3 Å². The number of benzene rings is 1. The second-order valence-electron chi connectivity index (χ2n) is 5.56. The van der Waals surface area contributed by atoms with Crippen LogP contribution in [-0.4, -0.2) is 35.1 Å². The van der Waals surface area contributed by atoms with Gasteiger partial charge in [-0.05, 0) is 45.1 Å². The Morgan fingerprint density at radius 1 is 1.35 bits per heavy atom. The van der Waals surface area contributed by atoms with Gasteiger partial charge < -0.3 is 15.5 Å². The molecule has 1 amide bonds. The number of carbonyl (C=O) groups is 1. The molecule has 0 unspecified atom stereocenters. The van der Waals surface area contributed by atoms with Gasteiger partial charge in [0.2, 0.25) is 5.91 Å². The molecule has 0 saturated heterocycles. The third kappa shape index (κ3) is 5.52. The lowest BCUT2D eigenvalue weighted by atomic mass is 10.1. The maximum atomic E-state index is 13.5. The summed E-state index contributed by atoms with van der Waals surface area (Å²) in [6.45, 7) is 5.82. The van der Waals surface area contributed by atoms with Crippen molar-refractivity contribution < 1.29 is 9.18 Å². The molecule has 1 aromatic carbocycles. The van der Waals surface area contributed by atoms with Crippen molar-refractivity contribution in [3.8, 4) is 0 Å². The van der Waals surface area contributed by atoms with Crippen LogP contribution in [0.4, 0.5) is 10.1 Å². The van der Waals surface area contributed by atoms with Gasteiger partial charge >= 0.3 is 0 Å². The van der Waals surface area contributed by atoms with E-state index in [2.05, 4.69) is 10.6 Å². The Labute approximate surface area is 124 Å². The van der Waals surface area contributed by atoms with E-state index in [1.165, 1.54) is 6.07 Å². The van der Waals surface area contributed by atoms with Crippen LogP contribution in [-0.2, 0) is 4.79 Å². The molecule has 0 aliphatic rings. The average molecular weight is 297 g/mol. The summed E-state index contributed by atoms with van der Waals surface area (Å²) in [6, 6.07) is 6.24. The van der Waals surface area contributed by atoms with Crippen molar-refractivity contribution in [3.63, 3.8) is 0 Å². The van der Waals surface area contributed by atoms with E-state index in [-0.39, 0.29) is 23.8 Å². The van der Waals surface area contributed by atoms with Crippen LogP contribution in [0.5, 0.6) is 0 Å². The minimum Gasteiger partial charge on any atom is -0.350 e. The Kier molecular flexibility index (Phi) is 5.44. The molecule has 0 fully saturated rings. The Hall–Kier alpha value is -1.69. The molecular weight excluding hydrogens is 277 g/mol. The van der Waals surface area contributed by atoms with Gasteiger partial charge in [-0.15, -0.1) is 0 Å². The molecule has 0 aliphatic heterocycles. The van der Waals surface area contributed by atoms with Gasteiger partial charge in [0.1, 0.15) is 5.82 Å². The van der Waals surface area contributed by atoms with Gasteiger partial charge in [-0.1, -0.05) is 12.1 Å². The summed E-state index contributed by atoms with van der Waals surface area (Å²) in [4.78, 5) is 13.3. The van der Waals surface area contributed by atoms with E-state index in [9.17, 15) is 9.18 Å². The molecule has 0 bridgehead atoms. The Morgan fingerprint density at radius 3 is 2.50 bits per heavy atom. The van der Waals surface area contributed by atoms with E-state index < -0.39 is 0 Å². The smallest absolute Gasteiger partial charge is 0.239 e. The van der Waals surface area contributed by atoms with Crippen LogP contribution >= 0.6 is 12.2 Å². The first-order valence-corrected chi connectivity index (χ1v) is 6.67. The van der Waals surface area contributed by atoms with Crippen LogP contribution in [0, 0.1) is 5.82 Å². The standard InChI is InChI=1S/C14H20FN3OS/c1-14(2,3)17-12(19)9-18(4)13(20)16-11-8-6-5-7-10(11)15/h5-8H,9H2,1-4H3,(H,16,20)(H,17,19). The summed E-state index contributed by atoms with van der Waals surface area (Å²) < 4.78 is 13.5. The van der Waals surface area contributed by atoms with Crippen molar-refractivity contribution >= 4 is 28.9 Å². The largest absolute Gasteiger partial charge is 0.350 e. The molecule has 110 valence electrons. The van der Waals surface area contributed by atoms with Crippen LogP contribution < -0.4 is 10.6 Å². The van der Waals surface area contributed by atoms with Crippen molar-refractivity contribution in [1.82, 2.24) is 10.2 Å². The number of likely N-dealkylation sites (N-methyl/N-ethyl adjacent to an activating group) is 1. The highest BCUT2D eigenvalue weighted by Crippen LogP contribution is 2.12. The molecule has 0 aromatic heterocycles. The first-order valence-electron chi connectivity index (χ1n) is 6.27. The minimum absolute atomic E-state index is 0.109. The molecular formula is C14H20FN3OS. The number of para-hydroxylation sites is 1. The molecule has 0 atom stereocenters. The fraction of sp³-hybridized carbons (Fsp3) is 0.429. The zero-order valence-electron chi connectivity index (χ0n) is 12.2. The molecule has 1 aromatic rings. The highest BCUT2D eigenvalue weighted by Gasteiger charge is 2.16. The summed E-state index contributed by atoms with van der Waals surface area (Å²) in [5.74, 6) is -0.528. The van der Waals surface area contributed by atoms with E-state index in [1.54, 1.807) is 30.1 Å². The minimum atomic E-state index is -0.387. The maximum absolute atomic E-state index is 13.5. The Balaban J connectivity index is 2.56. The number of rotatable bonds is 3. The molecule has 20 heavy (non-hydrogen) atoms. The van der Waals surface area contributed by atoms with Gasteiger partial charge in [-0.3, -0.25) is 4.79 Å². The maximum Gasteiger partial charge on any atom is 0.239 e. The highest BCUT2D eigenvalue weighted by molar-refractivity contribution is 7.80. The normalized spacial score (nSPS) is 10.8. The van der Waals surface area contributed by atoms with Gasteiger partial charge in [0.05, 0.1) is 12.2 Å². The topological polar surface area (TPSA) is 44.4 Å². The lowest BCUT2D eigenvalue weighted by Crippen LogP contribution is -2.47. The van der Waals surface area contributed by atoms with Gasteiger partial charge in [-0.2, -0.15) is 0 Å². The monoisotopic (exact) mass is 297 g/mol. The van der Waals surface area contributed by atoms with Gasteiger partial charge in [0.25, 0.3) is 0 Å². The first-order chi connectivity index (χ1) is 9.19. The fourth-order valence-electron chi connectivity index (χ4n) is 1.52. The van der Waals surface area contributed by atoms with Crippen LogP contribution in [0.3, 0.4) is 0 Å². The molecule has 0 heterocycles. The third-order valence-electron chi connectivity index (χ3n) is 2.36. The van der Waals surface area contributed by atoms with Crippen molar-refractivity contribution in [2.24, 2.45) is 0 Å². The van der Waals surface area contributed by atoms with Gasteiger partial charge in [0, 0.05) is 12.6 Å². The van der Waals surface area contributed by atoms with E-state index >= 15 is 0 Å². The predicted octanol–water partition coefficient (Wildman–Crippen LogP) is 2.37. The third-order valence-corrected chi connectivity index (χ3v) is 2.77. The summed E-state index contributed by atoms with van der Waals surface area (Å²) >= 11 is 5.15. The van der Waals surface area contributed by atoms with Crippen molar-refractivity contribution in [3.05, 3.63) is 30.1 Å². The number of nitrogens with zero attached hydrogens (tertiary/aromatic N) is 1.